The molecule has 1 N–H and O–H groups in total. The maximum atomic E-state index is 12.0. The molecule has 0 radical (unpaired) electrons. The summed E-state index contributed by atoms with van der Waals surface area (Å²) in [5.74, 6) is 0. The van der Waals surface area contributed by atoms with E-state index < -0.39 is 7.60 Å². The molecule has 0 aliphatic rings. The summed E-state index contributed by atoms with van der Waals surface area (Å²) in [7, 11) is -2.34. The van der Waals surface area contributed by atoms with Crippen LogP contribution < -0.4 is 0 Å². The Morgan fingerprint density at radius 1 is 1.00 bits per heavy atom. The van der Waals surface area contributed by atoms with Crippen molar-refractivity contribution in [3.63, 3.8) is 0 Å². The van der Waals surface area contributed by atoms with Gasteiger partial charge in [-0.3, -0.25) is 4.57 Å². The number of hydrogen-bond donors (Lipinski definition) is 1. The molecule has 1 unspecified atom stereocenters. The van der Waals surface area contributed by atoms with E-state index >= 15 is 0 Å². The minimum absolute atomic E-state index is 0.00728. The maximum Gasteiger partial charge on any atom is 0.332 e. The third-order valence-corrected chi connectivity index (χ3v) is 5.29. The smallest absolute Gasteiger partial charge is 0.324 e. The van der Waals surface area contributed by atoms with Gasteiger partial charge in [-0.05, 0) is 40.5 Å². The van der Waals surface area contributed by atoms with Gasteiger partial charge in [-0.25, -0.2) is 0 Å². The molecule has 0 bridgehead atoms. The summed E-state index contributed by atoms with van der Waals surface area (Å²) in [4.78, 5) is 9.84. The molecule has 0 spiro atoms. The van der Waals surface area contributed by atoms with Gasteiger partial charge in [0.05, 0.1) is 6.16 Å². The van der Waals surface area contributed by atoms with Crippen LogP contribution in [0.15, 0.2) is 60.7 Å². The summed E-state index contributed by atoms with van der Waals surface area (Å²) in [5.41, 5.74) is 3.89. The molecule has 3 aromatic carbocycles. The molecule has 0 aromatic heterocycles. The zero-order valence-corrected chi connectivity index (χ0v) is 14.1. The van der Waals surface area contributed by atoms with Crippen molar-refractivity contribution >= 4 is 18.4 Å². The minimum atomic E-state index is -3.61. The Morgan fingerprint density at radius 2 is 1.74 bits per heavy atom. The highest BCUT2D eigenvalue weighted by atomic mass is 31.2. The first-order valence-electron chi connectivity index (χ1n) is 7.45. The van der Waals surface area contributed by atoms with Crippen LogP contribution in [0.3, 0.4) is 0 Å². The van der Waals surface area contributed by atoms with Crippen LogP contribution in [-0.4, -0.2) is 12.0 Å². The maximum absolute atomic E-state index is 12.0. The van der Waals surface area contributed by atoms with Gasteiger partial charge in [0.25, 0.3) is 0 Å². The standard InChI is InChI=1S/C19H19O3P/c1-14-7-10-19(18(11-14)13-23(20,21)22-2)17-9-8-15-5-3-4-6-16(15)12-17/h3-12H,13H2,1-2H3,(H,20,21). The average molecular weight is 326 g/mol. The van der Waals surface area contributed by atoms with Crippen LogP contribution in [0.5, 0.6) is 0 Å². The van der Waals surface area contributed by atoms with E-state index in [1.165, 1.54) is 12.5 Å². The fraction of sp³-hybridized carbons (Fsp3) is 0.158. The average Bonchev–Trinajstić information content (AvgIpc) is 2.54. The van der Waals surface area contributed by atoms with Crippen LogP contribution in [0.25, 0.3) is 21.9 Å². The molecule has 0 fully saturated rings. The van der Waals surface area contributed by atoms with Crippen LogP contribution >= 0.6 is 7.60 Å². The normalized spacial score (nSPS) is 13.9. The SMILES string of the molecule is COP(=O)(O)Cc1cc(C)ccc1-c1ccc2ccccc2c1. The molecular formula is C19H19O3P. The van der Waals surface area contributed by atoms with Crippen LogP contribution in [0.2, 0.25) is 0 Å². The lowest BCUT2D eigenvalue weighted by Gasteiger charge is -2.14. The van der Waals surface area contributed by atoms with Crippen molar-refractivity contribution < 1.29 is 14.0 Å². The van der Waals surface area contributed by atoms with Crippen LogP contribution in [0.4, 0.5) is 0 Å². The Balaban J connectivity index is 2.12. The van der Waals surface area contributed by atoms with E-state index in [0.717, 1.165) is 27.6 Å². The molecule has 3 nitrogen and oxygen atoms in total. The fourth-order valence-corrected chi connectivity index (χ4v) is 3.59. The molecule has 0 aliphatic carbocycles. The minimum Gasteiger partial charge on any atom is -0.324 e. The number of aryl methyl sites for hydroxylation is 1. The van der Waals surface area contributed by atoms with Crippen molar-refractivity contribution in [2.45, 2.75) is 13.1 Å². The first kappa shape index (κ1) is 15.9. The summed E-state index contributed by atoms with van der Waals surface area (Å²) >= 11 is 0. The lowest BCUT2D eigenvalue weighted by atomic mass is 9.96. The third-order valence-electron chi connectivity index (χ3n) is 3.98. The Labute approximate surface area is 136 Å². The van der Waals surface area contributed by atoms with Gasteiger partial charge in [-0.1, -0.05) is 60.2 Å². The number of benzene rings is 3. The predicted molar refractivity (Wildman–Crippen MR) is 94.7 cm³/mol. The molecule has 3 rings (SSSR count). The van der Waals surface area contributed by atoms with E-state index in [0.29, 0.717) is 0 Å². The van der Waals surface area contributed by atoms with Crippen molar-refractivity contribution in [2.75, 3.05) is 7.11 Å². The quantitative estimate of drug-likeness (QED) is 0.675. The molecule has 0 heterocycles. The molecule has 0 amide bonds. The number of hydrogen-bond acceptors (Lipinski definition) is 2. The first-order chi connectivity index (χ1) is 11.0. The molecule has 23 heavy (non-hydrogen) atoms. The lowest BCUT2D eigenvalue weighted by Crippen LogP contribution is -1.95. The number of rotatable bonds is 4. The Hall–Kier alpha value is -1.93. The third kappa shape index (κ3) is 3.53. The lowest BCUT2D eigenvalue weighted by molar-refractivity contribution is 0.314. The van der Waals surface area contributed by atoms with Crippen LogP contribution in [0, 0.1) is 6.92 Å². The second-order valence-electron chi connectivity index (χ2n) is 5.70. The van der Waals surface area contributed by atoms with Gasteiger partial charge in [0.1, 0.15) is 0 Å². The molecule has 3 aromatic rings. The molecule has 0 saturated heterocycles. The molecular weight excluding hydrogens is 307 g/mol. The Kier molecular flexibility index (Phi) is 4.36. The van der Waals surface area contributed by atoms with Gasteiger partial charge in [0, 0.05) is 7.11 Å². The molecule has 0 saturated carbocycles. The molecule has 118 valence electrons. The van der Waals surface area contributed by atoms with Gasteiger partial charge >= 0.3 is 7.60 Å². The zero-order chi connectivity index (χ0) is 16.4. The Bertz CT molecular complexity index is 902. The molecule has 1 atom stereocenters. The molecule has 4 heteroatoms. The summed E-state index contributed by atoms with van der Waals surface area (Å²) in [5, 5.41) is 2.32. The highest BCUT2D eigenvalue weighted by Crippen LogP contribution is 2.46. The van der Waals surface area contributed by atoms with Gasteiger partial charge in [0.2, 0.25) is 0 Å². The summed E-state index contributed by atoms with van der Waals surface area (Å²) in [6, 6.07) is 20.4. The van der Waals surface area contributed by atoms with E-state index in [-0.39, 0.29) is 6.16 Å². The van der Waals surface area contributed by atoms with Crippen molar-refractivity contribution in [3.05, 3.63) is 71.8 Å². The molecule has 0 aliphatic heterocycles. The first-order valence-corrected chi connectivity index (χ1v) is 9.21. The number of fused-ring (bicyclic) bond motifs is 1. The van der Waals surface area contributed by atoms with Gasteiger partial charge in [0.15, 0.2) is 0 Å². The van der Waals surface area contributed by atoms with Gasteiger partial charge < -0.3 is 9.42 Å². The second-order valence-corrected chi connectivity index (χ2v) is 7.66. The van der Waals surface area contributed by atoms with Crippen LogP contribution in [-0.2, 0) is 15.3 Å². The van der Waals surface area contributed by atoms with E-state index in [1.807, 2.05) is 43.3 Å². The van der Waals surface area contributed by atoms with E-state index in [1.54, 1.807) is 0 Å². The topological polar surface area (TPSA) is 46.5 Å². The van der Waals surface area contributed by atoms with Crippen LogP contribution in [0.1, 0.15) is 11.1 Å². The van der Waals surface area contributed by atoms with Crippen molar-refractivity contribution in [2.24, 2.45) is 0 Å². The summed E-state index contributed by atoms with van der Waals surface area (Å²) < 4.78 is 16.7. The summed E-state index contributed by atoms with van der Waals surface area (Å²) in [6.45, 7) is 1.97. The highest BCUT2D eigenvalue weighted by Gasteiger charge is 2.20. The zero-order valence-electron chi connectivity index (χ0n) is 13.2. The van der Waals surface area contributed by atoms with E-state index in [9.17, 15) is 9.46 Å². The van der Waals surface area contributed by atoms with E-state index in [4.69, 9.17) is 4.52 Å². The van der Waals surface area contributed by atoms with Crippen molar-refractivity contribution in [1.29, 1.82) is 0 Å². The fourth-order valence-electron chi connectivity index (χ4n) is 2.77. The van der Waals surface area contributed by atoms with Gasteiger partial charge in [-0.2, -0.15) is 0 Å². The highest BCUT2D eigenvalue weighted by molar-refractivity contribution is 7.51. The monoisotopic (exact) mass is 326 g/mol. The van der Waals surface area contributed by atoms with E-state index in [2.05, 4.69) is 24.3 Å². The van der Waals surface area contributed by atoms with Crippen molar-refractivity contribution in [1.82, 2.24) is 0 Å². The predicted octanol–water partition coefficient (Wildman–Crippen LogP) is 5.15. The largest absolute Gasteiger partial charge is 0.332 e. The Morgan fingerprint density at radius 3 is 2.48 bits per heavy atom. The van der Waals surface area contributed by atoms with Crippen molar-refractivity contribution in [3.8, 4) is 11.1 Å². The summed E-state index contributed by atoms with van der Waals surface area (Å²) in [6.07, 6.45) is 0.00728. The van der Waals surface area contributed by atoms with Gasteiger partial charge in [-0.15, -0.1) is 0 Å². The second kappa shape index (κ2) is 6.29.